The summed E-state index contributed by atoms with van der Waals surface area (Å²) in [6.07, 6.45) is 10.8. The van der Waals surface area contributed by atoms with Gasteiger partial charge in [0.15, 0.2) is 5.78 Å². The summed E-state index contributed by atoms with van der Waals surface area (Å²) in [5.74, 6) is 1.09. The van der Waals surface area contributed by atoms with Gasteiger partial charge in [0, 0.05) is 6.42 Å². The zero-order valence-electron chi connectivity index (χ0n) is 10.9. The molecule has 0 aromatic rings. The summed E-state index contributed by atoms with van der Waals surface area (Å²) in [5, 5.41) is 0. The van der Waals surface area contributed by atoms with Crippen molar-refractivity contribution in [3.05, 3.63) is 23.3 Å². The molecule has 0 saturated carbocycles. The Labute approximate surface area is 99.6 Å². The van der Waals surface area contributed by atoms with E-state index in [0.29, 0.717) is 5.78 Å². The number of hydrogen-bond acceptors (Lipinski definition) is 1. The van der Waals surface area contributed by atoms with Crippen LogP contribution in [0.1, 0.15) is 59.3 Å². The monoisotopic (exact) mass is 220 g/mol. The highest BCUT2D eigenvalue weighted by Crippen LogP contribution is 2.26. The smallest absolute Gasteiger partial charge is 0.155 e. The Morgan fingerprint density at radius 2 is 2.19 bits per heavy atom. The number of rotatable bonds is 6. The SMILES string of the molecule is CCC(CCC=C(C)C)CC1=CC(=O)CC1. The molecule has 1 aliphatic carbocycles. The summed E-state index contributed by atoms with van der Waals surface area (Å²) < 4.78 is 0. The molecule has 90 valence electrons. The van der Waals surface area contributed by atoms with Crippen LogP contribution in [0.3, 0.4) is 0 Å². The maximum Gasteiger partial charge on any atom is 0.155 e. The summed E-state index contributed by atoms with van der Waals surface area (Å²) in [5.41, 5.74) is 2.79. The highest BCUT2D eigenvalue weighted by molar-refractivity contribution is 5.92. The van der Waals surface area contributed by atoms with Crippen molar-refractivity contribution in [2.75, 3.05) is 0 Å². The predicted molar refractivity (Wildman–Crippen MR) is 69.4 cm³/mol. The summed E-state index contributed by atoms with van der Waals surface area (Å²) >= 11 is 0. The van der Waals surface area contributed by atoms with Crippen LogP contribution >= 0.6 is 0 Å². The third-order valence-electron chi connectivity index (χ3n) is 3.31. The van der Waals surface area contributed by atoms with Crippen LogP contribution < -0.4 is 0 Å². The van der Waals surface area contributed by atoms with Gasteiger partial charge in [-0.1, -0.05) is 30.6 Å². The molecule has 0 fully saturated rings. The van der Waals surface area contributed by atoms with E-state index in [2.05, 4.69) is 26.8 Å². The minimum absolute atomic E-state index is 0.328. The first-order valence-corrected chi connectivity index (χ1v) is 6.47. The van der Waals surface area contributed by atoms with Gasteiger partial charge in [-0.2, -0.15) is 0 Å². The van der Waals surface area contributed by atoms with Gasteiger partial charge < -0.3 is 0 Å². The second-order valence-corrected chi connectivity index (χ2v) is 5.11. The fraction of sp³-hybridized carbons (Fsp3) is 0.667. The molecule has 1 aliphatic rings. The van der Waals surface area contributed by atoms with Gasteiger partial charge >= 0.3 is 0 Å². The van der Waals surface area contributed by atoms with E-state index in [1.165, 1.54) is 30.4 Å². The van der Waals surface area contributed by atoms with Gasteiger partial charge in [0.05, 0.1) is 0 Å². The van der Waals surface area contributed by atoms with Gasteiger partial charge in [-0.15, -0.1) is 0 Å². The Hall–Kier alpha value is -0.850. The molecule has 0 N–H and O–H groups in total. The Balaban J connectivity index is 2.34. The van der Waals surface area contributed by atoms with E-state index in [4.69, 9.17) is 0 Å². The number of carbonyl (C=O) groups is 1. The summed E-state index contributed by atoms with van der Waals surface area (Å²) in [4.78, 5) is 11.1. The molecule has 0 saturated heterocycles. The Morgan fingerprint density at radius 3 is 2.69 bits per heavy atom. The second-order valence-electron chi connectivity index (χ2n) is 5.11. The van der Waals surface area contributed by atoms with E-state index in [-0.39, 0.29) is 0 Å². The maximum atomic E-state index is 11.1. The van der Waals surface area contributed by atoms with Crippen LogP contribution in [0.4, 0.5) is 0 Å². The average Bonchev–Trinajstić information content (AvgIpc) is 2.62. The number of carbonyl (C=O) groups excluding carboxylic acids is 1. The Bertz CT molecular complexity index is 293. The van der Waals surface area contributed by atoms with E-state index in [1.54, 1.807) is 0 Å². The molecule has 1 atom stereocenters. The molecule has 16 heavy (non-hydrogen) atoms. The van der Waals surface area contributed by atoms with Crippen LogP contribution in [0.25, 0.3) is 0 Å². The molecule has 0 amide bonds. The molecule has 0 spiro atoms. The van der Waals surface area contributed by atoms with Crippen LogP contribution in [0.2, 0.25) is 0 Å². The molecule has 1 nitrogen and oxygen atoms in total. The van der Waals surface area contributed by atoms with Crippen LogP contribution in [-0.2, 0) is 4.79 Å². The van der Waals surface area contributed by atoms with Gasteiger partial charge in [-0.05, 0) is 51.5 Å². The Morgan fingerprint density at radius 1 is 1.44 bits per heavy atom. The molecule has 0 aromatic heterocycles. The molecule has 1 unspecified atom stereocenters. The second kappa shape index (κ2) is 6.67. The number of ketones is 1. The molecule has 0 aromatic carbocycles. The van der Waals surface area contributed by atoms with Gasteiger partial charge in [-0.25, -0.2) is 0 Å². The summed E-state index contributed by atoms with van der Waals surface area (Å²) in [6.45, 7) is 6.56. The first-order chi connectivity index (χ1) is 7.61. The third kappa shape index (κ3) is 4.78. The van der Waals surface area contributed by atoms with Gasteiger partial charge in [0.25, 0.3) is 0 Å². The maximum absolute atomic E-state index is 11.1. The largest absolute Gasteiger partial charge is 0.295 e. The first kappa shape index (κ1) is 13.2. The number of hydrogen-bond donors (Lipinski definition) is 0. The van der Waals surface area contributed by atoms with Gasteiger partial charge in [-0.3, -0.25) is 4.79 Å². The van der Waals surface area contributed by atoms with Crippen molar-refractivity contribution in [3.63, 3.8) is 0 Å². The standard InChI is InChI=1S/C15H24O/c1-4-13(7-5-6-12(2)3)10-14-8-9-15(16)11-14/h6,11,13H,4-5,7-10H2,1-3H3. The van der Waals surface area contributed by atoms with Crippen LogP contribution in [0.5, 0.6) is 0 Å². The predicted octanol–water partition coefficient (Wildman–Crippen LogP) is 4.44. The molecular formula is C15H24O. The highest BCUT2D eigenvalue weighted by atomic mass is 16.1. The van der Waals surface area contributed by atoms with Crippen molar-refractivity contribution in [3.8, 4) is 0 Å². The normalized spacial score (nSPS) is 17.2. The van der Waals surface area contributed by atoms with Crippen LogP contribution in [-0.4, -0.2) is 5.78 Å². The van der Waals surface area contributed by atoms with E-state index in [9.17, 15) is 4.79 Å². The van der Waals surface area contributed by atoms with Crippen LogP contribution in [0, 0.1) is 5.92 Å². The van der Waals surface area contributed by atoms with Gasteiger partial charge in [0.2, 0.25) is 0 Å². The molecule has 0 bridgehead atoms. The van der Waals surface area contributed by atoms with E-state index in [0.717, 1.165) is 25.2 Å². The van der Waals surface area contributed by atoms with Crippen molar-refractivity contribution in [2.45, 2.75) is 59.3 Å². The minimum Gasteiger partial charge on any atom is -0.295 e. The quantitative estimate of drug-likeness (QED) is 0.605. The van der Waals surface area contributed by atoms with Crippen molar-refractivity contribution < 1.29 is 4.79 Å². The third-order valence-corrected chi connectivity index (χ3v) is 3.31. The average molecular weight is 220 g/mol. The molecule has 1 heteroatoms. The fourth-order valence-electron chi connectivity index (χ4n) is 2.25. The Kier molecular flexibility index (Phi) is 5.51. The molecule has 0 radical (unpaired) electrons. The van der Waals surface area contributed by atoms with Crippen molar-refractivity contribution in [1.82, 2.24) is 0 Å². The lowest BCUT2D eigenvalue weighted by molar-refractivity contribution is -0.114. The van der Waals surface area contributed by atoms with Crippen LogP contribution in [0.15, 0.2) is 23.3 Å². The lowest BCUT2D eigenvalue weighted by Crippen LogP contribution is -1.99. The van der Waals surface area contributed by atoms with Crippen molar-refractivity contribution in [1.29, 1.82) is 0 Å². The lowest BCUT2D eigenvalue weighted by atomic mass is 9.92. The van der Waals surface area contributed by atoms with E-state index in [1.807, 2.05) is 6.08 Å². The molecule has 1 rings (SSSR count). The van der Waals surface area contributed by atoms with Gasteiger partial charge in [0.1, 0.15) is 0 Å². The summed E-state index contributed by atoms with van der Waals surface area (Å²) in [6, 6.07) is 0. The first-order valence-electron chi connectivity index (χ1n) is 6.47. The van der Waals surface area contributed by atoms with E-state index < -0.39 is 0 Å². The molecule has 0 aliphatic heterocycles. The molecular weight excluding hydrogens is 196 g/mol. The lowest BCUT2D eigenvalue weighted by Gasteiger charge is -2.14. The summed E-state index contributed by atoms with van der Waals surface area (Å²) in [7, 11) is 0. The topological polar surface area (TPSA) is 17.1 Å². The molecule has 0 heterocycles. The zero-order chi connectivity index (χ0) is 12.0. The van der Waals surface area contributed by atoms with E-state index >= 15 is 0 Å². The fourth-order valence-corrected chi connectivity index (χ4v) is 2.25. The van der Waals surface area contributed by atoms with Crippen molar-refractivity contribution >= 4 is 5.78 Å². The highest BCUT2D eigenvalue weighted by Gasteiger charge is 2.15. The minimum atomic E-state index is 0.328. The van der Waals surface area contributed by atoms with Crippen molar-refractivity contribution in [2.24, 2.45) is 5.92 Å². The number of allylic oxidation sites excluding steroid dienone is 4. The zero-order valence-corrected chi connectivity index (χ0v) is 10.9.